The van der Waals surface area contributed by atoms with E-state index in [1.165, 1.54) is 19.3 Å². The monoisotopic (exact) mass is 216 g/mol. The van der Waals surface area contributed by atoms with E-state index in [4.69, 9.17) is 4.74 Å². The molecule has 0 aromatic heterocycles. The smallest absolute Gasteiger partial charge is 0.338 e. The summed E-state index contributed by atoms with van der Waals surface area (Å²) in [6.45, 7) is 0. The molecule has 16 heavy (non-hydrogen) atoms. The third-order valence-corrected chi connectivity index (χ3v) is 3.94. The predicted octanol–water partition coefficient (Wildman–Crippen LogP) is 3.03. The molecule has 3 atom stereocenters. The van der Waals surface area contributed by atoms with Gasteiger partial charge in [0.2, 0.25) is 0 Å². The number of carbonyl (C=O) groups is 1. The first-order chi connectivity index (χ1) is 7.83. The number of rotatable bonds is 2. The second kappa shape index (κ2) is 3.93. The van der Waals surface area contributed by atoms with Gasteiger partial charge in [0.1, 0.15) is 6.10 Å². The van der Waals surface area contributed by atoms with E-state index in [9.17, 15) is 4.79 Å². The summed E-state index contributed by atoms with van der Waals surface area (Å²) in [5.41, 5.74) is 0.672. The zero-order valence-electron chi connectivity index (χ0n) is 9.26. The minimum Gasteiger partial charge on any atom is -0.458 e. The summed E-state index contributed by atoms with van der Waals surface area (Å²) in [4.78, 5) is 11.9. The van der Waals surface area contributed by atoms with E-state index in [1.54, 1.807) is 0 Å². The Hall–Kier alpha value is -1.31. The molecule has 0 amide bonds. The molecule has 3 rings (SSSR count). The summed E-state index contributed by atoms with van der Waals surface area (Å²) in [6.07, 6.45) is 5.13. The molecule has 2 heteroatoms. The molecule has 2 aliphatic carbocycles. The van der Waals surface area contributed by atoms with Crippen LogP contribution in [-0.2, 0) is 4.74 Å². The number of carbonyl (C=O) groups excluding carboxylic acids is 1. The highest BCUT2D eigenvalue weighted by Crippen LogP contribution is 2.46. The van der Waals surface area contributed by atoms with Crippen LogP contribution in [0.5, 0.6) is 0 Å². The average Bonchev–Trinajstić information content (AvgIpc) is 2.92. The van der Waals surface area contributed by atoms with Crippen LogP contribution in [0.25, 0.3) is 0 Å². The molecule has 0 saturated heterocycles. The lowest BCUT2D eigenvalue weighted by atomic mass is 9.98. The van der Waals surface area contributed by atoms with Crippen molar-refractivity contribution < 1.29 is 9.53 Å². The van der Waals surface area contributed by atoms with Crippen LogP contribution in [0.3, 0.4) is 0 Å². The van der Waals surface area contributed by atoms with Crippen LogP contribution in [0, 0.1) is 11.8 Å². The summed E-state index contributed by atoms with van der Waals surface area (Å²) >= 11 is 0. The minimum absolute atomic E-state index is 0.154. The van der Waals surface area contributed by atoms with Gasteiger partial charge in [0.05, 0.1) is 5.56 Å². The van der Waals surface area contributed by atoms with Gasteiger partial charge in [-0.05, 0) is 49.7 Å². The van der Waals surface area contributed by atoms with E-state index in [2.05, 4.69) is 0 Å². The van der Waals surface area contributed by atoms with E-state index in [0.29, 0.717) is 11.5 Å². The Morgan fingerprint density at radius 2 is 1.94 bits per heavy atom. The van der Waals surface area contributed by atoms with Crippen molar-refractivity contribution in [3.8, 4) is 0 Å². The van der Waals surface area contributed by atoms with Gasteiger partial charge < -0.3 is 4.74 Å². The van der Waals surface area contributed by atoms with E-state index in [1.807, 2.05) is 30.3 Å². The fourth-order valence-corrected chi connectivity index (χ4v) is 3.11. The second-order valence-corrected chi connectivity index (χ2v) is 4.98. The molecule has 0 N–H and O–H groups in total. The van der Waals surface area contributed by atoms with E-state index < -0.39 is 0 Å². The summed E-state index contributed by atoms with van der Waals surface area (Å²) < 4.78 is 5.59. The Balaban J connectivity index is 1.65. The molecule has 0 aliphatic heterocycles. The predicted molar refractivity (Wildman–Crippen MR) is 61.1 cm³/mol. The normalized spacial score (nSPS) is 31.6. The molecular weight excluding hydrogens is 200 g/mol. The van der Waals surface area contributed by atoms with Crippen molar-refractivity contribution in [1.29, 1.82) is 0 Å². The molecule has 2 saturated carbocycles. The summed E-state index contributed by atoms with van der Waals surface area (Å²) in [6, 6.07) is 9.29. The summed E-state index contributed by atoms with van der Waals surface area (Å²) in [5, 5.41) is 0. The topological polar surface area (TPSA) is 26.3 Å². The van der Waals surface area contributed by atoms with Crippen LogP contribution < -0.4 is 0 Å². The quantitative estimate of drug-likeness (QED) is 0.710. The van der Waals surface area contributed by atoms with Gasteiger partial charge in [0.25, 0.3) is 0 Å². The standard InChI is InChI=1S/C14H16O2/c15-14(11-4-2-1-3-5-11)16-13-9-10-6-7-12(13)8-10/h1-5,10,12-13H,6-9H2/t10-,12+,13?/m0/s1. The maximum absolute atomic E-state index is 11.9. The molecule has 1 unspecified atom stereocenters. The van der Waals surface area contributed by atoms with E-state index in [-0.39, 0.29) is 12.1 Å². The highest BCUT2D eigenvalue weighted by molar-refractivity contribution is 5.89. The lowest BCUT2D eigenvalue weighted by Gasteiger charge is -2.21. The minimum atomic E-state index is -0.154. The number of esters is 1. The van der Waals surface area contributed by atoms with Gasteiger partial charge in [0.15, 0.2) is 0 Å². The number of hydrogen-bond acceptors (Lipinski definition) is 2. The lowest BCUT2D eigenvalue weighted by molar-refractivity contribution is 0.0158. The van der Waals surface area contributed by atoms with Crippen molar-refractivity contribution in [3.05, 3.63) is 35.9 Å². The molecule has 2 bridgehead atoms. The van der Waals surface area contributed by atoms with Crippen molar-refractivity contribution in [2.75, 3.05) is 0 Å². The van der Waals surface area contributed by atoms with Gasteiger partial charge in [-0.25, -0.2) is 4.79 Å². The van der Waals surface area contributed by atoms with Crippen LogP contribution in [0.2, 0.25) is 0 Å². The Morgan fingerprint density at radius 1 is 1.12 bits per heavy atom. The highest BCUT2D eigenvalue weighted by atomic mass is 16.5. The molecule has 0 spiro atoms. The Kier molecular flexibility index (Phi) is 2.43. The van der Waals surface area contributed by atoms with Gasteiger partial charge in [-0.2, -0.15) is 0 Å². The van der Waals surface area contributed by atoms with Crippen molar-refractivity contribution in [1.82, 2.24) is 0 Å². The van der Waals surface area contributed by atoms with E-state index in [0.717, 1.165) is 12.3 Å². The van der Waals surface area contributed by atoms with Gasteiger partial charge in [-0.1, -0.05) is 18.2 Å². The molecule has 2 aliphatic rings. The second-order valence-electron chi connectivity index (χ2n) is 4.98. The summed E-state index contributed by atoms with van der Waals surface area (Å²) in [5.74, 6) is 1.30. The van der Waals surface area contributed by atoms with Crippen LogP contribution in [0.1, 0.15) is 36.0 Å². The van der Waals surface area contributed by atoms with Crippen molar-refractivity contribution in [3.63, 3.8) is 0 Å². The lowest BCUT2D eigenvalue weighted by Crippen LogP contribution is -2.24. The van der Waals surface area contributed by atoms with Gasteiger partial charge in [0, 0.05) is 0 Å². The largest absolute Gasteiger partial charge is 0.458 e. The molecule has 0 heterocycles. The van der Waals surface area contributed by atoms with Crippen molar-refractivity contribution >= 4 is 5.97 Å². The summed E-state index contributed by atoms with van der Waals surface area (Å²) in [7, 11) is 0. The first kappa shape index (κ1) is 9.88. The Bertz CT molecular complexity index is 385. The molecule has 1 aromatic rings. The fraction of sp³-hybridized carbons (Fsp3) is 0.500. The molecular formula is C14H16O2. The van der Waals surface area contributed by atoms with Crippen LogP contribution in [0.4, 0.5) is 0 Å². The average molecular weight is 216 g/mol. The molecule has 2 nitrogen and oxygen atoms in total. The van der Waals surface area contributed by atoms with Crippen molar-refractivity contribution in [2.45, 2.75) is 31.8 Å². The van der Waals surface area contributed by atoms with Gasteiger partial charge in [-0.3, -0.25) is 0 Å². The number of fused-ring (bicyclic) bond motifs is 2. The van der Waals surface area contributed by atoms with Gasteiger partial charge in [-0.15, -0.1) is 0 Å². The highest BCUT2D eigenvalue weighted by Gasteiger charge is 2.41. The molecule has 84 valence electrons. The number of ether oxygens (including phenoxy) is 1. The molecule has 2 fully saturated rings. The number of benzene rings is 1. The molecule has 0 radical (unpaired) electrons. The SMILES string of the molecule is O=C(OC1C[C@H]2CC[C@@H]1C2)c1ccccc1. The van der Waals surface area contributed by atoms with Crippen LogP contribution in [0.15, 0.2) is 30.3 Å². The van der Waals surface area contributed by atoms with Crippen LogP contribution >= 0.6 is 0 Å². The number of hydrogen-bond donors (Lipinski definition) is 0. The fourth-order valence-electron chi connectivity index (χ4n) is 3.11. The third kappa shape index (κ3) is 1.73. The third-order valence-electron chi connectivity index (χ3n) is 3.94. The Morgan fingerprint density at radius 3 is 2.56 bits per heavy atom. The Labute approximate surface area is 95.6 Å². The zero-order valence-corrected chi connectivity index (χ0v) is 9.26. The van der Waals surface area contributed by atoms with E-state index >= 15 is 0 Å². The zero-order chi connectivity index (χ0) is 11.0. The van der Waals surface area contributed by atoms with Crippen molar-refractivity contribution in [2.24, 2.45) is 11.8 Å². The molecule has 1 aromatic carbocycles. The first-order valence-corrected chi connectivity index (χ1v) is 6.09. The van der Waals surface area contributed by atoms with Gasteiger partial charge >= 0.3 is 5.97 Å². The van der Waals surface area contributed by atoms with Crippen LogP contribution in [-0.4, -0.2) is 12.1 Å². The maximum atomic E-state index is 11.9. The maximum Gasteiger partial charge on any atom is 0.338 e. The first-order valence-electron chi connectivity index (χ1n) is 6.09.